The summed E-state index contributed by atoms with van der Waals surface area (Å²) in [5.41, 5.74) is 9.22. The molecule has 3 fully saturated rings. The third-order valence-electron chi connectivity index (χ3n) is 9.52. The second-order valence-electron chi connectivity index (χ2n) is 13.2. The van der Waals surface area contributed by atoms with E-state index in [0.29, 0.717) is 6.61 Å². The lowest BCUT2D eigenvalue weighted by molar-refractivity contribution is -0.141. The molecule has 2 atom stereocenters. The second kappa shape index (κ2) is 10.5. The van der Waals surface area contributed by atoms with E-state index in [1.165, 1.54) is 39.1 Å². The van der Waals surface area contributed by atoms with Crippen LogP contribution in [0.5, 0.6) is 5.75 Å². The second-order valence-corrected chi connectivity index (χ2v) is 13.2. The fraction of sp³-hybridized carbons (Fsp3) is 0.543. The highest BCUT2D eigenvalue weighted by atomic mass is 16.7. The van der Waals surface area contributed by atoms with Crippen molar-refractivity contribution in [2.24, 2.45) is 0 Å². The van der Waals surface area contributed by atoms with Crippen LogP contribution in [0.3, 0.4) is 0 Å². The molecule has 0 aromatic heterocycles. The lowest BCUT2D eigenvalue weighted by Gasteiger charge is -2.46. The highest BCUT2D eigenvalue weighted by Gasteiger charge is 2.54. The van der Waals surface area contributed by atoms with Gasteiger partial charge in [0.05, 0.1) is 19.3 Å². The van der Waals surface area contributed by atoms with Crippen molar-refractivity contribution in [1.82, 2.24) is 14.7 Å². The minimum absolute atomic E-state index is 0.0168. The molecule has 4 aliphatic heterocycles. The van der Waals surface area contributed by atoms with Crippen LogP contribution in [-0.4, -0.2) is 65.5 Å². The number of piperidine rings is 1. The van der Waals surface area contributed by atoms with E-state index >= 15 is 0 Å². The largest absolute Gasteiger partial charge is 0.496 e. The minimum Gasteiger partial charge on any atom is -0.496 e. The molecule has 6 nitrogen and oxygen atoms in total. The highest BCUT2D eigenvalue weighted by molar-refractivity contribution is 5.51. The van der Waals surface area contributed by atoms with Crippen molar-refractivity contribution in [1.29, 1.82) is 0 Å². The highest BCUT2D eigenvalue weighted by Crippen LogP contribution is 2.51. The predicted octanol–water partition coefficient (Wildman–Crippen LogP) is 6.40. The molecule has 4 heterocycles. The maximum Gasteiger partial charge on any atom is 0.163 e. The molecule has 2 aromatic rings. The number of fused-ring (bicyclic) bond motifs is 3. The third kappa shape index (κ3) is 5.19. The molecule has 6 rings (SSSR count). The van der Waals surface area contributed by atoms with E-state index in [-0.39, 0.29) is 17.6 Å². The topological polar surface area (TPSA) is 37.4 Å². The van der Waals surface area contributed by atoms with E-state index in [9.17, 15) is 0 Å². The molecule has 0 N–H and O–H groups in total. The Balaban J connectivity index is 1.33. The summed E-state index contributed by atoms with van der Waals surface area (Å²) in [6, 6.07) is 11.4. The van der Waals surface area contributed by atoms with Crippen LogP contribution in [0.15, 0.2) is 54.5 Å². The van der Waals surface area contributed by atoms with Gasteiger partial charge >= 0.3 is 0 Å². The number of likely N-dealkylation sites (tertiary alicyclic amines) is 1. The van der Waals surface area contributed by atoms with Crippen molar-refractivity contribution in [3.8, 4) is 5.75 Å². The van der Waals surface area contributed by atoms with Gasteiger partial charge in [0.2, 0.25) is 0 Å². The van der Waals surface area contributed by atoms with Crippen LogP contribution in [-0.2, 0) is 22.6 Å². The van der Waals surface area contributed by atoms with Gasteiger partial charge in [-0.1, -0.05) is 55.0 Å². The summed E-state index contributed by atoms with van der Waals surface area (Å²) in [6.07, 6.45) is 4.62. The van der Waals surface area contributed by atoms with Gasteiger partial charge in [0.25, 0.3) is 0 Å². The number of hydrogen-bond acceptors (Lipinski definition) is 6. The van der Waals surface area contributed by atoms with Crippen LogP contribution < -0.4 is 4.74 Å². The number of nitrogens with zero attached hydrogens (tertiary/aromatic N) is 3. The number of aryl methyl sites for hydroxylation is 3. The summed E-state index contributed by atoms with van der Waals surface area (Å²) in [5, 5.41) is 0. The first kappa shape index (κ1) is 28.3. The summed E-state index contributed by atoms with van der Waals surface area (Å²) in [6.45, 7) is 22.9. The van der Waals surface area contributed by atoms with Crippen molar-refractivity contribution in [3.63, 3.8) is 0 Å². The van der Waals surface area contributed by atoms with Crippen molar-refractivity contribution in [2.45, 2.75) is 90.8 Å². The number of ether oxygens (including phenoxy) is 3. The summed E-state index contributed by atoms with van der Waals surface area (Å²) < 4.78 is 18.2. The predicted molar refractivity (Wildman–Crippen MR) is 164 cm³/mol. The maximum atomic E-state index is 6.35. The molecular formula is C35H47N3O3. The number of benzene rings is 2. The van der Waals surface area contributed by atoms with Crippen molar-refractivity contribution >= 4 is 0 Å². The number of rotatable bonds is 5. The van der Waals surface area contributed by atoms with Gasteiger partial charge in [0, 0.05) is 49.9 Å². The first-order valence-electron chi connectivity index (χ1n) is 15.2. The molecule has 3 saturated heterocycles. The molecule has 1 spiro atoms. The number of methoxy groups -OCH3 is 1. The molecule has 0 radical (unpaired) electrons. The van der Waals surface area contributed by atoms with Crippen LogP contribution in [0.4, 0.5) is 0 Å². The van der Waals surface area contributed by atoms with E-state index < -0.39 is 5.79 Å². The summed E-state index contributed by atoms with van der Waals surface area (Å²) in [4.78, 5) is 7.69. The van der Waals surface area contributed by atoms with Gasteiger partial charge in [0.1, 0.15) is 17.7 Å². The molecule has 2 aromatic carbocycles. The van der Waals surface area contributed by atoms with Crippen LogP contribution in [0, 0.1) is 20.8 Å². The summed E-state index contributed by atoms with van der Waals surface area (Å²) in [5.74, 6) is 1.76. The molecule has 0 saturated carbocycles. The Labute approximate surface area is 246 Å². The van der Waals surface area contributed by atoms with Crippen LogP contribution in [0.2, 0.25) is 0 Å². The minimum atomic E-state index is -0.542. The zero-order valence-electron chi connectivity index (χ0n) is 26.0. The molecule has 41 heavy (non-hydrogen) atoms. The lowest BCUT2D eigenvalue weighted by Crippen LogP contribution is -2.54. The first-order chi connectivity index (χ1) is 19.5. The summed E-state index contributed by atoms with van der Waals surface area (Å²) >= 11 is 0. The van der Waals surface area contributed by atoms with Crippen molar-refractivity contribution in [2.75, 3.05) is 33.4 Å². The number of allylic oxidation sites excluding steroid dienone is 1. The normalized spacial score (nSPS) is 25.2. The fourth-order valence-corrected chi connectivity index (χ4v) is 7.85. The van der Waals surface area contributed by atoms with Crippen molar-refractivity contribution < 1.29 is 14.2 Å². The average molecular weight is 558 g/mol. The molecule has 0 amide bonds. The Morgan fingerprint density at radius 3 is 2.32 bits per heavy atom. The quantitative estimate of drug-likeness (QED) is 0.424. The van der Waals surface area contributed by atoms with Crippen LogP contribution in [0.1, 0.15) is 72.9 Å². The Kier molecular flexibility index (Phi) is 7.24. The Bertz CT molecular complexity index is 1350. The zero-order valence-corrected chi connectivity index (χ0v) is 26.0. The van der Waals surface area contributed by atoms with Gasteiger partial charge in [0.15, 0.2) is 5.79 Å². The molecular weight excluding hydrogens is 510 g/mol. The molecule has 6 heteroatoms. The van der Waals surface area contributed by atoms with Gasteiger partial charge in [-0.15, -0.1) is 0 Å². The van der Waals surface area contributed by atoms with Crippen LogP contribution in [0.25, 0.3) is 0 Å². The average Bonchev–Trinajstić information content (AvgIpc) is 3.27. The standard InChI is InChI=1S/C35H47N3O3/c1-23-13-24(2)15-28(14-23)19-36-11-9-35(10-12-36)32-18-26(4)33-29(16-25(3)17-31(33)39-8)20-37(32)27(5)38(35)21-30-22-40-34(6,7)41-30/h13-18,26,30H,5,9-12,19-22H2,1-4,6-8H3. The van der Waals surface area contributed by atoms with Crippen LogP contribution >= 0.6 is 0 Å². The fourth-order valence-electron chi connectivity index (χ4n) is 7.85. The number of hydrogen-bond donors (Lipinski definition) is 0. The molecule has 0 aliphatic carbocycles. The molecule has 4 aliphatic rings. The maximum absolute atomic E-state index is 6.35. The van der Waals surface area contributed by atoms with E-state index in [0.717, 1.165) is 57.1 Å². The Morgan fingerprint density at radius 2 is 1.68 bits per heavy atom. The smallest absolute Gasteiger partial charge is 0.163 e. The lowest BCUT2D eigenvalue weighted by atomic mass is 9.81. The SMILES string of the molecule is C=C1N2Cc3cc(C)cc(OC)c3C(C)C=C2C2(CCN(Cc3cc(C)cc(C)c3)CC2)N1CC1COC(C)(C)O1. The first-order valence-corrected chi connectivity index (χ1v) is 15.2. The third-order valence-corrected chi connectivity index (χ3v) is 9.52. The Hall–Kier alpha value is -2.80. The zero-order chi connectivity index (χ0) is 29.1. The molecule has 220 valence electrons. The summed E-state index contributed by atoms with van der Waals surface area (Å²) in [7, 11) is 1.79. The van der Waals surface area contributed by atoms with E-state index in [1.54, 1.807) is 7.11 Å². The van der Waals surface area contributed by atoms with Gasteiger partial charge in [-0.3, -0.25) is 4.90 Å². The van der Waals surface area contributed by atoms with E-state index in [4.69, 9.17) is 20.8 Å². The van der Waals surface area contributed by atoms with E-state index in [1.807, 2.05) is 13.8 Å². The van der Waals surface area contributed by atoms with Gasteiger partial charge in [-0.25, -0.2) is 0 Å². The van der Waals surface area contributed by atoms with E-state index in [2.05, 4.69) is 78.8 Å². The monoisotopic (exact) mass is 557 g/mol. The van der Waals surface area contributed by atoms with Gasteiger partial charge < -0.3 is 24.0 Å². The molecule has 2 unspecified atom stereocenters. The Morgan fingerprint density at radius 1 is 1.00 bits per heavy atom. The van der Waals surface area contributed by atoms with Gasteiger partial charge in [-0.05, 0) is 70.2 Å². The van der Waals surface area contributed by atoms with Gasteiger partial charge in [-0.2, -0.15) is 0 Å². The molecule has 0 bridgehead atoms. The van der Waals surface area contributed by atoms with Crippen molar-refractivity contribution in [3.05, 3.63) is 87.9 Å².